The Morgan fingerprint density at radius 2 is 1.69 bits per heavy atom. The van der Waals surface area contributed by atoms with Gasteiger partial charge in [-0.25, -0.2) is 0 Å². The van der Waals surface area contributed by atoms with Crippen molar-refractivity contribution in [2.75, 3.05) is 18.4 Å². The third kappa shape index (κ3) is 4.23. The van der Waals surface area contributed by atoms with Gasteiger partial charge in [0.2, 0.25) is 0 Å². The largest absolute Gasteiger partial charge is 0.385 e. The Balaban J connectivity index is 2.46. The van der Waals surface area contributed by atoms with Crippen LogP contribution in [0.25, 0.3) is 0 Å². The molecule has 1 aromatic rings. The number of hydrogen-bond acceptors (Lipinski definition) is 2. The fourth-order valence-corrected chi connectivity index (χ4v) is 1.59. The van der Waals surface area contributed by atoms with Gasteiger partial charge in [-0.15, -0.1) is 0 Å². The Labute approximate surface area is 99.2 Å². The zero-order valence-electron chi connectivity index (χ0n) is 10.7. The summed E-state index contributed by atoms with van der Waals surface area (Å²) in [4.78, 5) is 0. The molecule has 90 valence electrons. The van der Waals surface area contributed by atoms with Gasteiger partial charge in [-0.3, -0.25) is 0 Å². The second kappa shape index (κ2) is 5.90. The van der Waals surface area contributed by atoms with Gasteiger partial charge in [-0.2, -0.15) is 0 Å². The van der Waals surface area contributed by atoms with Crippen LogP contribution in [0.15, 0.2) is 24.3 Å². The average Bonchev–Trinajstić information content (AvgIpc) is 2.24. The summed E-state index contributed by atoms with van der Waals surface area (Å²) >= 11 is 0. The summed E-state index contributed by atoms with van der Waals surface area (Å²) in [5.74, 6) is 0. The number of unbranched alkanes of at least 4 members (excludes halogenated alkanes) is 1. The van der Waals surface area contributed by atoms with Gasteiger partial charge in [-0.1, -0.05) is 32.9 Å². The molecule has 0 saturated carbocycles. The van der Waals surface area contributed by atoms with E-state index in [1.165, 1.54) is 11.3 Å². The molecule has 0 amide bonds. The number of rotatable bonds is 5. The van der Waals surface area contributed by atoms with Crippen LogP contribution >= 0.6 is 0 Å². The molecule has 0 fully saturated rings. The Kier molecular flexibility index (Phi) is 4.81. The highest BCUT2D eigenvalue weighted by molar-refractivity contribution is 5.45. The van der Waals surface area contributed by atoms with Crippen LogP contribution in [0.3, 0.4) is 0 Å². The van der Waals surface area contributed by atoms with Crippen LogP contribution in [-0.4, -0.2) is 13.1 Å². The molecule has 0 aromatic heterocycles. The highest BCUT2D eigenvalue weighted by Crippen LogP contribution is 2.23. The monoisotopic (exact) mass is 220 g/mol. The first-order chi connectivity index (χ1) is 7.54. The number of anilines is 1. The first-order valence-electron chi connectivity index (χ1n) is 6.08. The molecule has 0 saturated heterocycles. The van der Waals surface area contributed by atoms with E-state index in [9.17, 15) is 0 Å². The van der Waals surface area contributed by atoms with E-state index in [0.29, 0.717) is 0 Å². The van der Waals surface area contributed by atoms with Gasteiger partial charge >= 0.3 is 0 Å². The molecule has 0 heterocycles. The van der Waals surface area contributed by atoms with E-state index in [-0.39, 0.29) is 5.41 Å². The van der Waals surface area contributed by atoms with E-state index in [0.717, 1.165) is 25.9 Å². The second-order valence-electron chi connectivity index (χ2n) is 5.25. The van der Waals surface area contributed by atoms with E-state index < -0.39 is 0 Å². The van der Waals surface area contributed by atoms with E-state index in [1.54, 1.807) is 0 Å². The molecule has 0 aliphatic carbocycles. The molecule has 0 aliphatic rings. The lowest BCUT2D eigenvalue weighted by Gasteiger charge is -2.19. The summed E-state index contributed by atoms with van der Waals surface area (Å²) in [6.45, 7) is 8.49. The van der Waals surface area contributed by atoms with E-state index in [1.807, 2.05) is 0 Å². The highest BCUT2D eigenvalue weighted by Gasteiger charge is 2.12. The number of nitrogens with one attached hydrogen (secondary N) is 1. The van der Waals surface area contributed by atoms with E-state index in [4.69, 9.17) is 5.73 Å². The van der Waals surface area contributed by atoms with Crippen LogP contribution in [0.4, 0.5) is 5.69 Å². The predicted molar refractivity (Wildman–Crippen MR) is 71.9 cm³/mol. The molecule has 0 bridgehead atoms. The van der Waals surface area contributed by atoms with Gasteiger partial charge in [0.05, 0.1) is 0 Å². The van der Waals surface area contributed by atoms with Crippen molar-refractivity contribution >= 4 is 5.69 Å². The maximum Gasteiger partial charge on any atom is 0.0340 e. The topological polar surface area (TPSA) is 38.0 Å². The maximum absolute atomic E-state index is 5.45. The Hall–Kier alpha value is -1.02. The lowest BCUT2D eigenvalue weighted by molar-refractivity contribution is 0.590. The van der Waals surface area contributed by atoms with Gasteiger partial charge < -0.3 is 11.1 Å². The summed E-state index contributed by atoms with van der Waals surface area (Å²) in [5.41, 5.74) is 8.26. The van der Waals surface area contributed by atoms with Crippen LogP contribution in [0, 0.1) is 0 Å². The molecule has 0 spiro atoms. The van der Waals surface area contributed by atoms with Crippen LogP contribution in [0.5, 0.6) is 0 Å². The number of hydrogen-bond donors (Lipinski definition) is 2. The van der Waals surface area contributed by atoms with Crippen molar-refractivity contribution in [3.8, 4) is 0 Å². The van der Waals surface area contributed by atoms with Gasteiger partial charge in [0.15, 0.2) is 0 Å². The molecule has 3 N–H and O–H groups in total. The molecule has 16 heavy (non-hydrogen) atoms. The molecule has 0 radical (unpaired) electrons. The van der Waals surface area contributed by atoms with Crippen molar-refractivity contribution in [3.63, 3.8) is 0 Å². The van der Waals surface area contributed by atoms with Crippen molar-refractivity contribution < 1.29 is 0 Å². The normalized spacial score (nSPS) is 11.5. The Morgan fingerprint density at radius 3 is 2.19 bits per heavy atom. The number of nitrogens with two attached hydrogens (primary N) is 1. The SMILES string of the molecule is CC(C)(C)c1ccc(NCCCCN)cc1. The minimum atomic E-state index is 0.234. The fourth-order valence-electron chi connectivity index (χ4n) is 1.59. The molecule has 0 atom stereocenters. The predicted octanol–water partition coefficient (Wildman–Crippen LogP) is 3.13. The molecule has 0 aliphatic heterocycles. The molecule has 1 aromatic carbocycles. The number of benzene rings is 1. The second-order valence-corrected chi connectivity index (χ2v) is 5.25. The van der Waals surface area contributed by atoms with Crippen molar-refractivity contribution in [3.05, 3.63) is 29.8 Å². The van der Waals surface area contributed by atoms with Crippen LogP contribution in [-0.2, 0) is 5.41 Å². The highest BCUT2D eigenvalue weighted by atomic mass is 14.9. The first kappa shape index (κ1) is 13.0. The van der Waals surface area contributed by atoms with Gasteiger partial charge in [0.25, 0.3) is 0 Å². The van der Waals surface area contributed by atoms with Crippen molar-refractivity contribution in [2.45, 2.75) is 39.0 Å². The standard InChI is InChI=1S/C14H24N2/c1-14(2,3)12-6-8-13(9-7-12)16-11-5-4-10-15/h6-9,16H,4-5,10-11,15H2,1-3H3. The minimum absolute atomic E-state index is 0.234. The molecule has 2 heteroatoms. The molecular formula is C14H24N2. The van der Waals surface area contributed by atoms with Gasteiger partial charge in [0.1, 0.15) is 0 Å². The smallest absolute Gasteiger partial charge is 0.0340 e. The van der Waals surface area contributed by atoms with Crippen LogP contribution < -0.4 is 11.1 Å². The fraction of sp³-hybridized carbons (Fsp3) is 0.571. The quantitative estimate of drug-likeness (QED) is 0.748. The summed E-state index contributed by atoms with van der Waals surface area (Å²) < 4.78 is 0. The Bertz CT molecular complexity index is 296. The maximum atomic E-state index is 5.45. The summed E-state index contributed by atoms with van der Waals surface area (Å²) in [6, 6.07) is 8.71. The first-order valence-corrected chi connectivity index (χ1v) is 6.08. The summed E-state index contributed by atoms with van der Waals surface area (Å²) in [5, 5.41) is 3.40. The minimum Gasteiger partial charge on any atom is -0.385 e. The van der Waals surface area contributed by atoms with E-state index >= 15 is 0 Å². The van der Waals surface area contributed by atoms with Crippen molar-refractivity contribution in [1.29, 1.82) is 0 Å². The van der Waals surface area contributed by atoms with Crippen LogP contribution in [0.2, 0.25) is 0 Å². The molecule has 0 unspecified atom stereocenters. The Morgan fingerprint density at radius 1 is 1.06 bits per heavy atom. The molecule has 1 rings (SSSR count). The summed E-state index contributed by atoms with van der Waals surface area (Å²) in [7, 11) is 0. The zero-order valence-corrected chi connectivity index (χ0v) is 10.7. The van der Waals surface area contributed by atoms with Gasteiger partial charge in [-0.05, 0) is 42.5 Å². The van der Waals surface area contributed by atoms with E-state index in [2.05, 4.69) is 50.4 Å². The van der Waals surface area contributed by atoms with Crippen molar-refractivity contribution in [1.82, 2.24) is 0 Å². The third-order valence-electron chi connectivity index (χ3n) is 2.71. The molecular weight excluding hydrogens is 196 g/mol. The zero-order chi connectivity index (χ0) is 12.0. The van der Waals surface area contributed by atoms with Crippen LogP contribution in [0.1, 0.15) is 39.2 Å². The summed E-state index contributed by atoms with van der Waals surface area (Å²) in [6.07, 6.45) is 2.23. The average molecular weight is 220 g/mol. The van der Waals surface area contributed by atoms with Gasteiger partial charge in [0, 0.05) is 12.2 Å². The lowest BCUT2D eigenvalue weighted by Crippen LogP contribution is -2.11. The van der Waals surface area contributed by atoms with Crippen molar-refractivity contribution in [2.24, 2.45) is 5.73 Å². The third-order valence-corrected chi connectivity index (χ3v) is 2.71. The molecule has 2 nitrogen and oxygen atoms in total. The lowest BCUT2D eigenvalue weighted by atomic mass is 9.87.